The average Bonchev–Trinajstić information content (AvgIpc) is 2.89. The Bertz CT molecular complexity index is 562. The van der Waals surface area contributed by atoms with Crippen LogP contribution < -0.4 is 4.74 Å². The van der Waals surface area contributed by atoms with Gasteiger partial charge < -0.3 is 19.8 Å². The quantitative estimate of drug-likeness (QED) is 0.683. The normalized spacial score (nSPS) is 25.3. The highest BCUT2D eigenvalue weighted by Gasteiger charge is 2.29. The largest absolute Gasteiger partial charge is 0.494 e. The molecule has 0 spiro atoms. The van der Waals surface area contributed by atoms with Gasteiger partial charge in [0.25, 0.3) is 0 Å². The van der Waals surface area contributed by atoms with Gasteiger partial charge in [0.15, 0.2) is 0 Å². The van der Waals surface area contributed by atoms with Crippen molar-refractivity contribution in [2.45, 2.75) is 57.1 Å². The van der Waals surface area contributed by atoms with E-state index < -0.39 is 5.60 Å². The van der Waals surface area contributed by atoms with E-state index in [0.717, 1.165) is 51.4 Å². The maximum Gasteiger partial charge on any atom is 0.119 e. The molecule has 0 radical (unpaired) electrons. The van der Waals surface area contributed by atoms with Crippen molar-refractivity contribution in [2.75, 3.05) is 45.9 Å². The lowest BCUT2D eigenvalue weighted by Crippen LogP contribution is -2.34. The summed E-state index contributed by atoms with van der Waals surface area (Å²) in [6.07, 6.45) is 7.39. The number of aliphatic hydroxyl groups excluding tert-OH is 1. The van der Waals surface area contributed by atoms with Crippen LogP contribution in [0.5, 0.6) is 5.75 Å². The molecule has 5 heteroatoms. The van der Waals surface area contributed by atoms with E-state index >= 15 is 0 Å². The van der Waals surface area contributed by atoms with Crippen LogP contribution in [0.1, 0.15) is 50.5 Å². The number of piperidine rings is 1. The molecule has 2 heterocycles. The molecule has 1 aromatic carbocycles. The summed E-state index contributed by atoms with van der Waals surface area (Å²) in [4.78, 5) is 4.92. The highest BCUT2D eigenvalue weighted by Crippen LogP contribution is 2.23. The molecule has 2 aliphatic heterocycles. The Morgan fingerprint density at radius 1 is 0.963 bits per heavy atom. The van der Waals surface area contributed by atoms with Crippen LogP contribution in [0.15, 0.2) is 24.3 Å². The lowest BCUT2D eigenvalue weighted by molar-refractivity contribution is -0.0255. The van der Waals surface area contributed by atoms with Gasteiger partial charge in [-0.25, -0.2) is 0 Å². The Hall–Kier alpha value is -1.14. The number of rotatable bonds is 8. The van der Waals surface area contributed by atoms with Crippen molar-refractivity contribution in [3.05, 3.63) is 29.8 Å². The van der Waals surface area contributed by atoms with Gasteiger partial charge in [-0.1, -0.05) is 18.6 Å². The second-order valence-corrected chi connectivity index (χ2v) is 8.26. The summed E-state index contributed by atoms with van der Waals surface area (Å²) >= 11 is 0. The van der Waals surface area contributed by atoms with Gasteiger partial charge >= 0.3 is 0 Å². The van der Waals surface area contributed by atoms with Crippen molar-refractivity contribution in [3.63, 3.8) is 0 Å². The fraction of sp³-hybridized carbons (Fsp3) is 0.727. The van der Waals surface area contributed by atoms with Crippen LogP contribution in [0, 0.1) is 0 Å². The Labute approximate surface area is 163 Å². The van der Waals surface area contributed by atoms with Crippen molar-refractivity contribution in [3.8, 4) is 5.75 Å². The van der Waals surface area contributed by atoms with E-state index in [0.29, 0.717) is 12.8 Å². The summed E-state index contributed by atoms with van der Waals surface area (Å²) in [6, 6.07) is 8.39. The second-order valence-electron chi connectivity index (χ2n) is 8.26. The molecular formula is C22H36N2O3. The molecular weight excluding hydrogens is 340 g/mol. The first-order chi connectivity index (χ1) is 13.2. The molecule has 1 atom stereocenters. The molecule has 2 N–H and O–H groups in total. The van der Waals surface area contributed by atoms with E-state index in [1.54, 1.807) is 0 Å². The van der Waals surface area contributed by atoms with Crippen LogP contribution in [0.2, 0.25) is 0 Å². The van der Waals surface area contributed by atoms with Gasteiger partial charge in [-0.05, 0) is 75.9 Å². The summed E-state index contributed by atoms with van der Waals surface area (Å²) in [7, 11) is 0. The molecule has 152 valence electrons. The third-order valence-corrected chi connectivity index (χ3v) is 5.94. The van der Waals surface area contributed by atoms with Crippen molar-refractivity contribution in [1.82, 2.24) is 9.80 Å². The van der Waals surface area contributed by atoms with Crippen LogP contribution >= 0.6 is 0 Å². The van der Waals surface area contributed by atoms with Crippen LogP contribution in [-0.4, -0.2) is 71.6 Å². The number of hydrogen-bond acceptors (Lipinski definition) is 5. The molecule has 5 nitrogen and oxygen atoms in total. The van der Waals surface area contributed by atoms with Crippen LogP contribution in [0.3, 0.4) is 0 Å². The van der Waals surface area contributed by atoms with Gasteiger partial charge in [0.2, 0.25) is 0 Å². The predicted molar refractivity (Wildman–Crippen MR) is 108 cm³/mol. The van der Waals surface area contributed by atoms with Crippen molar-refractivity contribution in [1.29, 1.82) is 0 Å². The first kappa shape index (κ1) is 20.6. The van der Waals surface area contributed by atoms with Crippen LogP contribution in [0.25, 0.3) is 0 Å². The molecule has 0 aromatic heterocycles. The monoisotopic (exact) mass is 376 g/mol. The van der Waals surface area contributed by atoms with Gasteiger partial charge in [0, 0.05) is 19.6 Å². The summed E-state index contributed by atoms with van der Waals surface area (Å²) in [6.45, 7) is 6.91. The number of likely N-dealkylation sites (tertiary alicyclic amines) is 2. The summed E-state index contributed by atoms with van der Waals surface area (Å²) in [5, 5.41) is 19.7. The van der Waals surface area contributed by atoms with E-state index in [9.17, 15) is 10.2 Å². The molecule has 0 amide bonds. The highest BCUT2D eigenvalue weighted by molar-refractivity contribution is 5.28. The predicted octanol–water partition coefficient (Wildman–Crippen LogP) is 2.65. The number of benzene rings is 1. The molecule has 0 aliphatic carbocycles. The minimum atomic E-state index is -0.895. The van der Waals surface area contributed by atoms with Gasteiger partial charge in [0.05, 0.1) is 18.8 Å². The maximum atomic E-state index is 10.3. The van der Waals surface area contributed by atoms with Crippen LogP contribution in [0.4, 0.5) is 0 Å². The molecule has 1 aromatic rings. The van der Waals surface area contributed by atoms with E-state index in [4.69, 9.17) is 4.74 Å². The molecule has 3 rings (SSSR count). The molecule has 2 saturated heterocycles. The minimum Gasteiger partial charge on any atom is -0.494 e. The van der Waals surface area contributed by atoms with Crippen molar-refractivity contribution >= 4 is 0 Å². The zero-order valence-corrected chi connectivity index (χ0v) is 16.6. The lowest BCUT2D eigenvalue weighted by Gasteiger charge is -2.26. The zero-order chi connectivity index (χ0) is 19.0. The van der Waals surface area contributed by atoms with E-state index in [-0.39, 0.29) is 6.61 Å². The maximum absolute atomic E-state index is 10.3. The molecule has 0 saturated carbocycles. The van der Waals surface area contributed by atoms with Crippen LogP contribution in [-0.2, 0) is 6.54 Å². The fourth-order valence-electron chi connectivity index (χ4n) is 4.20. The first-order valence-corrected chi connectivity index (χ1v) is 10.7. The molecule has 2 fully saturated rings. The standard InChI is InChI=1S/C22H36N2O3/c25-19-22(26)9-5-13-24(15-10-22)18-20-7-4-8-21(17-20)27-16-6-14-23-11-2-1-3-12-23/h4,7-8,17,25-26H,1-3,5-6,9-16,18-19H2. The Balaban J connectivity index is 1.41. The van der Waals surface area contributed by atoms with Gasteiger partial charge in [-0.15, -0.1) is 0 Å². The summed E-state index contributed by atoms with van der Waals surface area (Å²) < 4.78 is 5.98. The zero-order valence-electron chi connectivity index (χ0n) is 16.6. The third-order valence-electron chi connectivity index (χ3n) is 5.94. The Morgan fingerprint density at radius 2 is 1.78 bits per heavy atom. The number of aliphatic hydroxyl groups is 2. The number of hydrogen-bond donors (Lipinski definition) is 2. The highest BCUT2D eigenvalue weighted by atomic mass is 16.5. The number of ether oxygens (including phenoxy) is 1. The molecule has 0 bridgehead atoms. The lowest BCUT2D eigenvalue weighted by atomic mass is 9.96. The summed E-state index contributed by atoms with van der Waals surface area (Å²) in [5.41, 5.74) is 0.353. The van der Waals surface area contributed by atoms with E-state index in [1.165, 1.54) is 37.9 Å². The number of nitrogens with zero attached hydrogens (tertiary/aromatic N) is 2. The van der Waals surface area contributed by atoms with Crippen molar-refractivity contribution < 1.29 is 14.9 Å². The SMILES string of the molecule is OCC1(O)CCCN(Cc2cccc(OCCCN3CCCCC3)c2)CC1. The van der Waals surface area contributed by atoms with Gasteiger partial charge in [0.1, 0.15) is 5.75 Å². The smallest absolute Gasteiger partial charge is 0.119 e. The molecule has 2 aliphatic rings. The van der Waals surface area contributed by atoms with E-state index in [2.05, 4.69) is 28.0 Å². The minimum absolute atomic E-state index is 0.137. The van der Waals surface area contributed by atoms with Gasteiger partial charge in [-0.2, -0.15) is 0 Å². The molecule has 27 heavy (non-hydrogen) atoms. The second kappa shape index (κ2) is 10.4. The van der Waals surface area contributed by atoms with Crippen molar-refractivity contribution in [2.24, 2.45) is 0 Å². The third kappa shape index (κ3) is 6.75. The topological polar surface area (TPSA) is 56.2 Å². The fourth-order valence-corrected chi connectivity index (χ4v) is 4.20. The Morgan fingerprint density at radius 3 is 2.59 bits per heavy atom. The molecule has 1 unspecified atom stereocenters. The average molecular weight is 377 g/mol. The van der Waals surface area contributed by atoms with Gasteiger partial charge in [-0.3, -0.25) is 4.90 Å². The first-order valence-electron chi connectivity index (χ1n) is 10.7. The summed E-state index contributed by atoms with van der Waals surface area (Å²) in [5.74, 6) is 0.952. The van der Waals surface area contributed by atoms with E-state index in [1.807, 2.05) is 6.07 Å². The Kier molecular flexibility index (Phi) is 7.94.